The zero-order valence-electron chi connectivity index (χ0n) is 21.2. The molecule has 0 saturated carbocycles. The number of nitrogens with one attached hydrogen (secondary N) is 2. The molecule has 0 aliphatic carbocycles. The average Bonchev–Trinajstić information content (AvgIpc) is 2.89. The Morgan fingerprint density at radius 1 is 1.13 bits per heavy atom. The lowest BCUT2D eigenvalue weighted by molar-refractivity contribution is 0.275. The topological polar surface area (TPSA) is 206 Å². The van der Waals surface area contributed by atoms with Crippen LogP contribution in [0.2, 0.25) is 0 Å². The standard InChI is InChI=1S/C24H25N5O9S/c1-6-8-14(13(7-2)36-4)38-19-21(29-39(34,35)15-10-9-12(3)11-25-15)26-20(27-24(19)37-5)16-17(30)22(32)28-23(33)18(16)31/h6-11,30-31H,2H2,1,3-5H3,(H,26,27,29)(H2,28,32,33). The predicted octanol–water partition coefficient (Wildman–Crippen LogP) is 2.46. The predicted molar refractivity (Wildman–Crippen MR) is 139 cm³/mol. The van der Waals surface area contributed by atoms with Crippen molar-refractivity contribution < 1.29 is 37.9 Å². The zero-order chi connectivity index (χ0) is 28.9. The van der Waals surface area contributed by atoms with Gasteiger partial charge in [-0.15, -0.1) is 0 Å². The molecule has 0 aliphatic heterocycles. The summed E-state index contributed by atoms with van der Waals surface area (Å²) in [5.74, 6) is -4.73. The summed E-state index contributed by atoms with van der Waals surface area (Å²) in [6.07, 6.45) is 5.77. The SMILES string of the molecule is C=CC(OC)=C(C=CC)Oc1c(NS(=O)(=O)c2ccc(C)cn2)nc(-c2c(O)c(O)[nH]c(=O)c2O)nc1OC. The van der Waals surface area contributed by atoms with Gasteiger partial charge in [-0.3, -0.25) is 14.5 Å². The molecule has 0 unspecified atom stereocenters. The first kappa shape index (κ1) is 28.5. The second-order valence-corrected chi connectivity index (χ2v) is 9.26. The number of aryl methyl sites for hydroxylation is 1. The summed E-state index contributed by atoms with van der Waals surface area (Å²) in [6, 6.07) is 2.79. The number of aromatic nitrogens is 4. The van der Waals surface area contributed by atoms with Gasteiger partial charge in [0.2, 0.25) is 11.6 Å². The molecule has 0 aromatic carbocycles. The number of anilines is 1. The summed E-state index contributed by atoms with van der Waals surface area (Å²) in [7, 11) is -1.87. The second-order valence-electron chi connectivity index (χ2n) is 7.63. The van der Waals surface area contributed by atoms with Crippen molar-refractivity contribution in [3.63, 3.8) is 0 Å². The third kappa shape index (κ3) is 5.93. The van der Waals surface area contributed by atoms with Crippen molar-refractivity contribution >= 4 is 15.8 Å². The van der Waals surface area contributed by atoms with Crippen molar-refractivity contribution in [3.05, 3.63) is 70.6 Å². The first-order valence-electron chi connectivity index (χ1n) is 11.0. The third-order valence-corrected chi connectivity index (χ3v) is 6.22. The summed E-state index contributed by atoms with van der Waals surface area (Å²) in [5, 5.41) is 30.2. The Hall–Kier alpha value is -5.05. The van der Waals surface area contributed by atoms with E-state index in [0.29, 0.717) is 5.56 Å². The lowest BCUT2D eigenvalue weighted by Crippen LogP contribution is -2.18. The number of sulfonamides is 1. The zero-order valence-corrected chi connectivity index (χ0v) is 22.0. The fourth-order valence-corrected chi connectivity index (χ4v) is 4.06. The molecular weight excluding hydrogens is 534 g/mol. The molecule has 39 heavy (non-hydrogen) atoms. The van der Waals surface area contributed by atoms with Gasteiger partial charge in [0.1, 0.15) is 5.56 Å². The van der Waals surface area contributed by atoms with E-state index in [1.165, 1.54) is 44.7 Å². The number of nitrogens with zero attached hydrogens (tertiary/aromatic N) is 3. The molecule has 14 nitrogen and oxygen atoms in total. The van der Waals surface area contributed by atoms with Crippen LogP contribution in [0.5, 0.6) is 29.0 Å². The number of allylic oxidation sites excluding steroid dienone is 3. The maximum Gasteiger partial charge on any atom is 0.293 e. The Kier molecular flexibility index (Phi) is 8.45. The van der Waals surface area contributed by atoms with Crippen LogP contribution in [0.3, 0.4) is 0 Å². The number of rotatable bonds is 10. The maximum atomic E-state index is 13.2. The number of hydrogen-bond donors (Lipinski definition) is 5. The fraction of sp³-hybridized carbons (Fsp3) is 0.167. The fourth-order valence-electron chi connectivity index (χ4n) is 3.13. The maximum absolute atomic E-state index is 13.2. The molecule has 5 N–H and O–H groups in total. The first-order chi connectivity index (χ1) is 18.5. The molecule has 0 aliphatic rings. The average molecular weight is 560 g/mol. The molecule has 15 heteroatoms. The van der Waals surface area contributed by atoms with Crippen molar-refractivity contribution in [2.75, 3.05) is 18.9 Å². The number of hydrogen-bond acceptors (Lipinski definition) is 12. The lowest BCUT2D eigenvalue weighted by Gasteiger charge is -2.18. The molecular formula is C24H25N5O9S. The summed E-state index contributed by atoms with van der Waals surface area (Å²) < 4.78 is 45.1. The third-order valence-electron chi connectivity index (χ3n) is 4.97. The minimum Gasteiger partial charge on any atom is -0.503 e. The molecule has 0 atom stereocenters. The van der Waals surface area contributed by atoms with Gasteiger partial charge in [0.05, 0.1) is 14.2 Å². The van der Waals surface area contributed by atoms with Crippen LogP contribution in [0.15, 0.2) is 64.5 Å². The van der Waals surface area contributed by atoms with E-state index in [4.69, 9.17) is 14.2 Å². The molecule has 0 spiro atoms. The monoisotopic (exact) mass is 559 g/mol. The molecule has 0 fully saturated rings. The molecule has 0 bridgehead atoms. The van der Waals surface area contributed by atoms with Gasteiger partial charge in [-0.05, 0) is 37.6 Å². The molecule has 3 rings (SSSR count). The van der Waals surface area contributed by atoms with Crippen LogP contribution in [-0.4, -0.2) is 57.9 Å². The van der Waals surface area contributed by atoms with Crippen molar-refractivity contribution in [2.24, 2.45) is 0 Å². The minimum atomic E-state index is -4.41. The Morgan fingerprint density at radius 2 is 1.85 bits per heavy atom. The molecule has 0 saturated heterocycles. The van der Waals surface area contributed by atoms with Crippen LogP contribution in [0, 0.1) is 6.92 Å². The van der Waals surface area contributed by atoms with Gasteiger partial charge in [-0.25, -0.2) is 9.97 Å². The van der Waals surface area contributed by atoms with Crippen LogP contribution >= 0.6 is 0 Å². The number of aromatic hydroxyl groups is 3. The van der Waals surface area contributed by atoms with E-state index in [1.807, 2.05) is 4.98 Å². The minimum absolute atomic E-state index is 0.0538. The lowest BCUT2D eigenvalue weighted by atomic mass is 10.2. The second kappa shape index (κ2) is 11.6. The van der Waals surface area contributed by atoms with E-state index in [0.717, 1.165) is 0 Å². The summed E-state index contributed by atoms with van der Waals surface area (Å²) in [6.45, 7) is 7.06. The smallest absolute Gasteiger partial charge is 0.293 e. The van der Waals surface area contributed by atoms with Gasteiger partial charge < -0.3 is 29.5 Å². The van der Waals surface area contributed by atoms with Crippen molar-refractivity contribution in [2.45, 2.75) is 18.9 Å². The van der Waals surface area contributed by atoms with Crippen molar-refractivity contribution in [3.8, 4) is 40.4 Å². The normalized spacial score (nSPS) is 12.1. The summed E-state index contributed by atoms with van der Waals surface area (Å²) in [5.41, 5.74) is -1.17. The van der Waals surface area contributed by atoms with Crippen LogP contribution < -0.4 is 19.8 Å². The molecule has 206 valence electrons. The molecule has 3 heterocycles. The summed E-state index contributed by atoms with van der Waals surface area (Å²) in [4.78, 5) is 25.9. The highest BCUT2D eigenvalue weighted by atomic mass is 32.2. The number of H-pyrrole nitrogens is 1. The van der Waals surface area contributed by atoms with Crippen LogP contribution in [-0.2, 0) is 14.8 Å². The Labute approximate surface area is 222 Å². The van der Waals surface area contributed by atoms with Gasteiger partial charge >= 0.3 is 0 Å². The number of methoxy groups -OCH3 is 2. The number of ether oxygens (including phenoxy) is 3. The highest BCUT2D eigenvalue weighted by Crippen LogP contribution is 2.42. The Morgan fingerprint density at radius 3 is 2.41 bits per heavy atom. The first-order valence-corrected chi connectivity index (χ1v) is 12.5. The van der Waals surface area contributed by atoms with Gasteiger partial charge in [0.15, 0.2) is 39.7 Å². The molecule has 3 aromatic rings. The van der Waals surface area contributed by atoms with E-state index in [2.05, 4.69) is 26.3 Å². The van der Waals surface area contributed by atoms with Crippen molar-refractivity contribution in [1.29, 1.82) is 0 Å². The number of pyridine rings is 2. The van der Waals surface area contributed by atoms with Crippen LogP contribution in [0.1, 0.15) is 12.5 Å². The highest BCUT2D eigenvalue weighted by Gasteiger charge is 2.28. The van der Waals surface area contributed by atoms with Gasteiger partial charge in [-0.1, -0.05) is 18.7 Å². The number of aromatic amines is 1. The molecule has 0 radical (unpaired) electrons. The summed E-state index contributed by atoms with van der Waals surface area (Å²) >= 11 is 0. The highest BCUT2D eigenvalue weighted by molar-refractivity contribution is 7.92. The van der Waals surface area contributed by atoms with Gasteiger partial charge in [0, 0.05) is 6.20 Å². The van der Waals surface area contributed by atoms with E-state index in [1.54, 1.807) is 19.9 Å². The van der Waals surface area contributed by atoms with E-state index < -0.39 is 56.0 Å². The quantitative estimate of drug-likeness (QED) is 0.179. The van der Waals surface area contributed by atoms with Crippen LogP contribution in [0.25, 0.3) is 11.4 Å². The molecule has 3 aromatic heterocycles. The Bertz CT molecular complexity index is 1630. The van der Waals surface area contributed by atoms with Crippen molar-refractivity contribution in [1.82, 2.24) is 19.9 Å². The molecule has 0 amide bonds. The van der Waals surface area contributed by atoms with Gasteiger partial charge in [-0.2, -0.15) is 13.4 Å². The van der Waals surface area contributed by atoms with E-state index in [9.17, 15) is 28.5 Å². The Balaban J connectivity index is 2.35. The van der Waals surface area contributed by atoms with E-state index >= 15 is 0 Å². The largest absolute Gasteiger partial charge is 0.503 e. The van der Waals surface area contributed by atoms with Gasteiger partial charge in [0.25, 0.3) is 21.5 Å². The van der Waals surface area contributed by atoms with E-state index in [-0.39, 0.29) is 22.3 Å². The van der Waals surface area contributed by atoms with Crippen LogP contribution in [0.4, 0.5) is 5.82 Å².